The normalized spacial score (nSPS) is 19.9. The summed E-state index contributed by atoms with van der Waals surface area (Å²) in [5.74, 6) is 0. The molecule has 1 saturated carbocycles. The number of hydrogen-bond donors (Lipinski definition) is 1. The molecule has 1 atom stereocenters. The lowest BCUT2D eigenvalue weighted by atomic mass is 9.69. The predicted octanol–water partition coefficient (Wildman–Crippen LogP) is 4.13. The maximum atomic E-state index is 12.5. The average molecular weight is 265 g/mol. The molecular weight excluding hydrogens is 248 g/mol. The third kappa shape index (κ3) is 2.76. The number of rotatable bonds is 3. The Morgan fingerprint density at radius 3 is 2.05 bits per heavy atom. The molecule has 1 aliphatic carbocycles. The van der Waals surface area contributed by atoms with Crippen molar-refractivity contribution in [3.8, 4) is 6.07 Å². The van der Waals surface area contributed by atoms with Gasteiger partial charge in [0.05, 0.1) is 17.6 Å². The zero-order chi connectivity index (χ0) is 13.9. The van der Waals surface area contributed by atoms with E-state index < -0.39 is 17.9 Å². The number of alkyl halides is 2. The number of hydrogen-bond acceptors (Lipinski definition) is 2. The van der Waals surface area contributed by atoms with Crippen LogP contribution in [-0.2, 0) is 0 Å². The Labute approximate surface area is 111 Å². The smallest absolute Gasteiger partial charge is 0.263 e. The Bertz CT molecular complexity index is 458. The summed E-state index contributed by atoms with van der Waals surface area (Å²) in [4.78, 5) is 0. The van der Waals surface area contributed by atoms with Gasteiger partial charge in [-0.3, -0.25) is 0 Å². The Hall–Kier alpha value is -1.47. The maximum absolute atomic E-state index is 12.5. The summed E-state index contributed by atoms with van der Waals surface area (Å²) in [5.41, 5.74) is -0.275. The lowest BCUT2D eigenvalue weighted by molar-refractivity contribution is 0.0359. The van der Waals surface area contributed by atoms with Crippen LogP contribution in [0.2, 0.25) is 0 Å². The largest absolute Gasteiger partial charge is 0.387 e. The van der Waals surface area contributed by atoms with Crippen molar-refractivity contribution in [3.05, 3.63) is 35.4 Å². The second kappa shape index (κ2) is 5.66. The summed E-state index contributed by atoms with van der Waals surface area (Å²) in [6.07, 6.45) is 0.873. The van der Waals surface area contributed by atoms with Gasteiger partial charge in [0.15, 0.2) is 0 Å². The molecule has 4 heteroatoms. The molecule has 102 valence electrons. The first-order chi connectivity index (χ1) is 9.09. The van der Waals surface area contributed by atoms with Crippen molar-refractivity contribution in [1.82, 2.24) is 0 Å². The summed E-state index contributed by atoms with van der Waals surface area (Å²) in [7, 11) is 0. The quantitative estimate of drug-likeness (QED) is 0.892. The standard InChI is InChI=1S/C15H17F2NO/c16-14(17)12-6-4-11(5-7-12)13(19)15(10-18)8-2-1-3-9-15/h4-7,13-14,19H,1-3,8-9H2. The fourth-order valence-electron chi connectivity index (χ4n) is 2.77. The summed E-state index contributed by atoms with van der Waals surface area (Å²) in [6.45, 7) is 0. The first kappa shape index (κ1) is 14.0. The molecule has 1 aliphatic rings. The van der Waals surface area contributed by atoms with Gasteiger partial charge in [0.1, 0.15) is 0 Å². The Kier molecular flexibility index (Phi) is 4.16. The van der Waals surface area contributed by atoms with E-state index >= 15 is 0 Å². The third-order valence-electron chi connectivity index (χ3n) is 4.00. The minimum Gasteiger partial charge on any atom is -0.387 e. The van der Waals surface area contributed by atoms with Crippen LogP contribution in [0, 0.1) is 16.7 Å². The van der Waals surface area contributed by atoms with Crippen molar-refractivity contribution in [1.29, 1.82) is 5.26 Å². The van der Waals surface area contributed by atoms with Gasteiger partial charge in [0.25, 0.3) is 6.43 Å². The van der Waals surface area contributed by atoms with Gasteiger partial charge in [0.2, 0.25) is 0 Å². The van der Waals surface area contributed by atoms with Gasteiger partial charge >= 0.3 is 0 Å². The molecule has 1 aromatic rings. The highest BCUT2D eigenvalue weighted by molar-refractivity contribution is 5.28. The van der Waals surface area contributed by atoms with Gasteiger partial charge in [0, 0.05) is 5.56 Å². The lowest BCUT2D eigenvalue weighted by Crippen LogP contribution is -2.30. The molecule has 1 fully saturated rings. The number of nitriles is 1. The molecule has 0 spiro atoms. The van der Waals surface area contributed by atoms with E-state index in [4.69, 9.17) is 0 Å². The van der Waals surface area contributed by atoms with Gasteiger partial charge in [-0.1, -0.05) is 43.5 Å². The van der Waals surface area contributed by atoms with Gasteiger partial charge in [-0.15, -0.1) is 0 Å². The SMILES string of the molecule is N#CC1(C(O)c2ccc(C(F)F)cc2)CCCCC1. The van der Waals surface area contributed by atoms with E-state index in [0.29, 0.717) is 18.4 Å². The van der Waals surface area contributed by atoms with Crippen molar-refractivity contribution >= 4 is 0 Å². The summed E-state index contributed by atoms with van der Waals surface area (Å²) in [6, 6.07) is 7.89. The third-order valence-corrected chi connectivity index (χ3v) is 4.00. The van der Waals surface area contributed by atoms with Gasteiger partial charge in [-0.2, -0.15) is 5.26 Å². The summed E-state index contributed by atoms with van der Waals surface area (Å²) in [5, 5.41) is 19.8. The zero-order valence-corrected chi connectivity index (χ0v) is 10.6. The first-order valence-electron chi connectivity index (χ1n) is 6.56. The molecule has 0 radical (unpaired) electrons. The second-order valence-electron chi connectivity index (χ2n) is 5.20. The molecular formula is C15H17F2NO. The molecule has 0 bridgehead atoms. The zero-order valence-electron chi connectivity index (χ0n) is 10.6. The molecule has 2 rings (SSSR count). The molecule has 0 saturated heterocycles. The number of nitrogens with zero attached hydrogens (tertiary/aromatic N) is 1. The van der Waals surface area contributed by atoms with Crippen molar-refractivity contribution in [2.75, 3.05) is 0 Å². The molecule has 0 aliphatic heterocycles. The fraction of sp³-hybridized carbons (Fsp3) is 0.533. The molecule has 0 amide bonds. The minimum absolute atomic E-state index is 0.0643. The van der Waals surface area contributed by atoms with Crippen molar-refractivity contribution in [3.63, 3.8) is 0 Å². The predicted molar refractivity (Wildman–Crippen MR) is 67.5 cm³/mol. The average Bonchev–Trinajstić information content (AvgIpc) is 2.47. The van der Waals surface area contributed by atoms with Gasteiger partial charge < -0.3 is 5.11 Å². The highest BCUT2D eigenvalue weighted by Gasteiger charge is 2.40. The first-order valence-corrected chi connectivity index (χ1v) is 6.56. The van der Waals surface area contributed by atoms with E-state index in [1.807, 2.05) is 0 Å². The number of benzene rings is 1. The van der Waals surface area contributed by atoms with E-state index in [1.165, 1.54) is 24.3 Å². The van der Waals surface area contributed by atoms with Crippen molar-refractivity contribution in [2.24, 2.45) is 5.41 Å². The second-order valence-corrected chi connectivity index (χ2v) is 5.20. The van der Waals surface area contributed by atoms with Gasteiger partial charge in [-0.05, 0) is 18.4 Å². The van der Waals surface area contributed by atoms with Crippen LogP contribution < -0.4 is 0 Å². The van der Waals surface area contributed by atoms with Crippen LogP contribution >= 0.6 is 0 Å². The van der Waals surface area contributed by atoms with E-state index in [2.05, 4.69) is 6.07 Å². The maximum Gasteiger partial charge on any atom is 0.263 e. The molecule has 1 aromatic carbocycles. The van der Waals surface area contributed by atoms with Crippen molar-refractivity contribution < 1.29 is 13.9 Å². The molecule has 0 aromatic heterocycles. The van der Waals surface area contributed by atoms with Crippen LogP contribution in [0.5, 0.6) is 0 Å². The van der Waals surface area contributed by atoms with E-state index in [-0.39, 0.29) is 5.56 Å². The molecule has 1 N–H and O–H groups in total. The van der Waals surface area contributed by atoms with Crippen LogP contribution in [0.1, 0.15) is 55.8 Å². The lowest BCUT2D eigenvalue weighted by Gasteiger charge is -2.35. The highest BCUT2D eigenvalue weighted by atomic mass is 19.3. The highest BCUT2D eigenvalue weighted by Crippen LogP contribution is 2.45. The molecule has 1 unspecified atom stereocenters. The summed E-state index contributed by atoms with van der Waals surface area (Å²) < 4.78 is 25.0. The van der Waals surface area contributed by atoms with E-state index in [1.54, 1.807) is 0 Å². The number of aliphatic hydroxyl groups excluding tert-OH is 1. The summed E-state index contributed by atoms with van der Waals surface area (Å²) >= 11 is 0. The van der Waals surface area contributed by atoms with Crippen LogP contribution in [0.25, 0.3) is 0 Å². The van der Waals surface area contributed by atoms with Crippen molar-refractivity contribution in [2.45, 2.75) is 44.6 Å². The number of aliphatic hydroxyl groups is 1. The van der Waals surface area contributed by atoms with Crippen LogP contribution in [0.4, 0.5) is 8.78 Å². The van der Waals surface area contributed by atoms with Crippen LogP contribution in [0.15, 0.2) is 24.3 Å². The Morgan fingerprint density at radius 1 is 1.05 bits per heavy atom. The van der Waals surface area contributed by atoms with E-state index in [9.17, 15) is 19.1 Å². The molecule has 0 heterocycles. The molecule has 19 heavy (non-hydrogen) atoms. The van der Waals surface area contributed by atoms with Crippen LogP contribution in [-0.4, -0.2) is 5.11 Å². The Balaban J connectivity index is 2.22. The topological polar surface area (TPSA) is 44.0 Å². The van der Waals surface area contributed by atoms with Gasteiger partial charge in [-0.25, -0.2) is 8.78 Å². The number of halogens is 2. The molecule has 2 nitrogen and oxygen atoms in total. The fourth-order valence-corrected chi connectivity index (χ4v) is 2.77. The van der Waals surface area contributed by atoms with E-state index in [0.717, 1.165) is 19.3 Å². The monoisotopic (exact) mass is 265 g/mol. The minimum atomic E-state index is -2.51. The van der Waals surface area contributed by atoms with Crippen LogP contribution in [0.3, 0.4) is 0 Å². The Morgan fingerprint density at radius 2 is 1.58 bits per heavy atom.